The van der Waals surface area contributed by atoms with Gasteiger partial charge in [-0.2, -0.15) is 0 Å². The molecule has 2 aliphatic heterocycles. The van der Waals surface area contributed by atoms with Crippen molar-refractivity contribution in [1.29, 1.82) is 0 Å². The van der Waals surface area contributed by atoms with Gasteiger partial charge >= 0.3 is 0 Å². The van der Waals surface area contributed by atoms with Gasteiger partial charge in [0, 0.05) is 26.1 Å². The lowest BCUT2D eigenvalue weighted by atomic mass is 9.80. The minimum Gasteiger partial charge on any atom is -0.393 e. The number of carbonyl (C=O) groups is 1. The lowest BCUT2D eigenvalue weighted by molar-refractivity contribution is -0.134. The van der Waals surface area contributed by atoms with Crippen molar-refractivity contribution in [3.8, 4) is 0 Å². The van der Waals surface area contributed by atoms with Crippen LogP contribution >= 0.6 is 0 Å². The van der Waals surface area contributed by atoms with Gasteiger partial charge in [0.15, 0.2) is 0 Å². The van der Waals surface area contributed by atoms with Gasteiger partial charge in [-0.05, 0) is 76.8 Å². The number of likely N-dealkylation sites (tertiary alicyclic amines) is 2. The Bertz CT molecular complexity index is 378. The zero-order valence-corrected chi connectivity index (χ0v) is 15.5. The van der Waals surface area contributed by atoms with Crippen LogP contribution < -0.4 is 0 Å². The van der Waals surface area contributed by atoms with Crippen molar-refractivity contribution in [3.05, 3.63) is 0 Å². The molecule has 0 bridgehead atoms. The molecule has 4 nitrogen and oxygen atoms in total. The average molecular weight is 325 g/mol. The third-order valence-electron chi connectivity index (χ3n) is 6.27. The zero-order chi connectivity index (χ0) is 17.0. The first kappa shape index (κ1) is 18.7. The molecule has 1 N–H and O–H groups in total. The average Bonchev–Trinajstić information content (AvgIpc) is 2.54. The fourth-order valence-electron chi connectivity index (χ4n) is 4.18. The van der Waals surface area contributed by atoms with Gasteiger partial charge in [-0.3, -0.25) is 4.79 Å². The van der Waals surface area contributed by atoms with E-state index in [0.717, 1.165) is 51.7 Å². The summed E-state index contributed by atoms with van der Waals surface area (Å²) in [5.74, 6) is 1.80. The predicted molar refractivity (Wildman–Crippen MR) is 94.2 cm³/mol. The van der Waals surface area contributed by atoms with Crippen molar-refractivity contribution in [1.82, 2.24) is 9.80 Å². The van der Waals surface area contributed by atoms with Crippen LogP contribution in [-0.4, -0.2) is 59.6 Å². The second-order valence-corrected chi connectivity index (χ2v) is 8.16. The van der Waals surface area contributed by atoms with Gasteiger partial charge in [-0.1, -0.05) is 6.92 Å². The van der Waals surface area contributed by atoms with E-state index in [0.29, 0.717) is 30.2 Å². The molecule has 3 atom stereocenters. The van der Waals surface area contributed by atoms with E-state index >= 15 is 0 Å². The summed E-state index contributed by atoms with van der Waals surface area (Å²) in [7, 11) is 1.90. The van der Waals surface area contributed by atoms with Crippen LogP contribution in [0.25, 0.3) is 0 Å². The van der Waals surface area contributed by atoms with E-state index in [2.05, 4.69) is 25.7 Å². The Labute approximate surface area is 142 Å². The molecule has 2 saturated heterocycles. The molecule has 2 heterocycles. The fourth-order valence-corrected chi connectivity index (χ4v) is 4.18. The Hall–Kier alpha value is -0.610. The first-order chi connectivity index (χ1) is 10.9. The Morgan fingerprint density at radius 3 is 2.22 bits per heavy atom. The monoisotopic (exact) mass is 324 g/mol. The molecule has 0 aromatic carbocycles. The summed E-state index contributed by atoms with van der Waals surface area (Å²) >= 11 is 0. The van der Waals surface area contributed by atoms with Crippen molar-refractivity contribution < 1.29 is 9.90 Å². The van der Waals surface area contributed by atoms with Crippen LogP contribution in [0.2, 0.25) is 0 Å². The molecule has 4 heteroatoms. The second kappa shape index (κ2) is 8.48. The van der Waals surface area contributed by atoms with Gasteiger partial charge in [-0.15, -0.1) is 0 Å². The smallest absolute Gasteiger partial charge is 0.222 e. The maximum absolute atomic E-state index is 11.9. The fraction of sp³-hybridized carbons (Fsp3) is 0.947. The molecule has 23 heavy (non-hydrogen) atoms. The molecule has 2 fully saturated rings. The summed E-state index contributed by atoms with van der Waals surface area (Å²) in [5.41, 5.74) is 0. The Kier molecular flexibility index (Phi) is 6.90. The van der Waals surface area contributed by atoms with E-state index < -0.39 is 0 Å². The van der Waals surface area contributed by atoms with Gasteiger partial charge in [0.05, 0.1) is 6.10 Å². The van der Waals surface area contributed by atoms with E-state index in [-0.39, 0.29) is 12.0 Å². The zero-order valence-electron chi connectivity index (χ0n) is 15.5. The van der Waals surface area contributed by atoms with Crippen LogP contribution in [0, 0.1) is 17.8 Å². The summed E-state index contributed by atoms with van der Waals surface area (Å²) in [5, 5.41) is 10.5. The first-order valence-corrected chi connectivity index (χ1v) is 9.54. The lowest BCUT2D eigenvalue weighted by Crippen LogP contribution is -2.41. The molecule has 0 saturated carbocycles. The van der Waals surface area contributed by atoms with Crippen LogP contribution in [0.1, 0.15) is 59.3 Å². The van der Waals surface area contributed by atoms with Gasteiger partial charge < -0.3 is 14.9 Å². The third kappa shape index (κ3) is 5.18. The number of hydrogen-bond donors (Lipinski definition) is 1. The number of aliphatic hydroxyl groups is 1. The Morgan fingerprint density at radius 2 is 1.65 bits per heavy atom. The predicted octanol–water partition coefficient (Wildman–Crippen LogP) is 2.75. The van der Waals surface area contributed by atoms with E-state index in [1.807, 2.05) is 11.9 Å². The topological polar surface area (TPSA) is 43.8 Å². The minimum atomic E-state index is -0.159. The number of amides is 1. The van der Waals surface area contributed by atoms with Gasteiger partial charge in [-0.25, -0.2) is 0 Å². The number of nitrogens with zero attached hydrogens (tertiary/aromatic N) is 2. The number of rotatable bonds is 6. The molecule has 0 aromatic rings. The Balaban J connectivity index is 1.70. The highest BCUT2D eigenvalue weighted by Gasteiger charge is 2.29. The van der Waals surface area contributed by atoms with E-state index in [9.17, 15) is 9.90 Å². The highest BCUT2D eigenvalue weighted by molar-refractivity contribution is 5.76. The van der Waals surface area contributed by atoms with Crippen LogP contribution in [0.4, 0.5) is 0 Å². The largest absolute Gasteiger partial charge is 0.393 e. The van der Waals surface area contributed by atoms with Crippen molar-refractivity contribution in [2.24, 2.45) is 17.8 Å². The molecular weight excluding hydrogens is 288 g/mol. The minimum absolute atomic E-state index is 0.159. The SMILES string of the molecule is CC(CC[C@H](O)C1CCN(C(C)C)CC1)C1CCN(C)C(=O)C1. The number of aliphatic hydroxyl groups excluding tert-OH is 1. The van der Waals surface area contributed by atoms with Crippen molar-refractivity contribution in [2.45, 2.75) is 71.4 Å². The summed E-state index contributed by atoms with van der Waals surface area (Å²) in [4.78, 5) is 16.2. The standard InChI is InChI=1S/C19H36N2O2/c1-14(2)21-11-8-16(9-12-21)18(22)6-5-15(3)17-7-10-20(4)19(23)13-17/h14-18,22H,5-13H2,1-4H3/t15?,17?,18-/m0/s1. The summed E-state index contributed by atoms with van der Waals surface area (Å²) in [6.45, 7) is 9.90. The van der Waals surface area contributed by atoms with Crippen LogP contribution in [0.3, 0.4) is 0 Å². The summed E-state index contributed by atoms with van der Waals surface area (Å²) < 4.78 is 0. The number of carbonyl (C=O) groups excluding carboxylic acids is 1. The molecule has 0 radical (unpaired) electrons. The Morgan fingerprint density at radius 1 is 1.04 bits per heavy atom. The van der Waals surface area contributed by atoms with Gasteiger partial charge in [0.2, 0.25) is 5.91 Å². The highest BCUT2D eigenvalue weighted by Crippen LogP contribution is 2.31. The maximum Gasteiger partial charge on any atom is 0.222 e. The van der Waals surface area contributed by atoms with Gasteiger partial charge in [0.25, 0.3) is 0 Å². The van der Waals surface area contributed by atoms with E-state index in [1.54, 1.807) is 0 Å². The molecule has 0 spiro atoms. The quantitative estimate of drug-likeness (QED) is 0.817. The summed E-state index contributed by atoms with van der Waals surface area (Å²) in [6, 6.07) is 0.620. The van der Waals surface area contributed by atoms with Crippen molar-refractivity contribution >= 4 is 5.91 Å². The van der Waals surface area contributed by atoms with Crippen LogP contribution in [0.5, 0.6) is 0 Å². The number of hydrogen-bond acceptors (Lipinski definition) is 3. The van der Waals surface area contributed by atoms with E-state index in [1.165, 1.54) is 0 Å². The molecule has 1 amide bonds. The highest BCUT2D eigenvalue weighted by atomic mass is 16.3. The lowest BCUT2D eigenvalue weighted by Gasteiger charge is -2.37. The third-order valence-corrected chi connectivity index (χ3v) is 6.27. The molecular formula is C19H36N2O2. The number of piperidine rings is 2. The molecule has 0 aliphatic carbocycles. The first-order valence-electron chi connectivity index (χ1n) is 9.54. The molecule has 2 aliphatic rings. The normalized spacial score (nSPS) is 27.5. The second-order valence-electron chi connectivity index (χ2n) is 8.16. The van der Waals surface area contributed by atoms with Crippen molar-refractivity contribution in [2.75, 3.05) is 26.7 Å². The molecule has 2 unspecified atom stereocenters. The van der Waals surface area contributed by atoms with Gasteiger partial charge in [0.1, 0.15) is 0 Å². The molecule has 134 valence electrons. The van der Waals surface area contributed by atoms with E-state index in [4.69, 9.17) is 0 Å². The maximum atomic E-state index is 11.9. The summed E-state index contributed by atoms with van der Waals surface area (Å²) in [6.07, 6.45) is 5.85. The molecule has 0 aromatic heterocycles. The van der Waals surface area contributed by atoms with Crippen molar-refractivity contribution in [3.63, 3.8) is 0 Å². The molecule has 2 rings (SSSR count). The van der Waals surface area contributed by atoms with Crippen LogP contribution in [0.15, 0.2) is 0 Å². The van der Waals surface area contributed by atoms with Crippen LogP contribution in [-0.2, 0) is 4.79 Å².